The minimum Gasteiger partial charge on any atom is -0.497 e. The highest BCUT2D eigenvalue weighted by Gasteiger charge is 2.14. The molecule has 1 N–H and O–H groups in total. The Morgan fingerprint density at radius 3 is 2.36 bits per heavy atom. The molecule has 0 fully saturated rings. The molecular weight excluding hydrogens is 316 g/mol. The first-order valence-electron chi connectivity index (χ1n) is 7.67. The highest BCUT2D eigenvalue weighted by atomic mass is 16.5. The van der Waals surface area contributed by atoms with Gasteiger partial charge in [-0.2, -0.15) is 5.26 Å². The van der Waals surface area contributed by atoms with Crippen molar-refractivity contribution >= 4 is 0 Å². The first kappa shape index (κ1) is 16.3. The molecule has 5 heteroatoms. The molecule has 25 heavy (non-hydrogen) atoms. The second kappa shape index (κ2) is 6.93. The van der Waals surface area contributed by atoms with E-state index in [0.717, 1.165) is 5.75 Å². The van der Waals surface area contributed by atoms with Crippen LogP contribution in [0.15, 0.2) is 59.4 Å². The van der Waals surface area contributed by atoms with E-state index < -0.39 is 5.56 Å². The second-order valence-corrected chi connectivity index (χ2v) is 5.46. The monoisotopic (exact) mass is 332 g/mol. The molecule has 0 spiro atoms. The Bertz CT molecular complexity index is 999. The van der Waals surface area contributed by atoms with Gasteiger partial charge in [0, 0.05) is 16.8 Å². The molecule has 0 atom stereocenters. The van der Waals surface area contributed by atoms with Crippen LogP contribution in [0.25, 0.3) is 11.1 Å². The van der Waals surface area contributed by atoms with Crippen molar-refractivity contribution in [2.45, 2.75) is 6.92 Å². The third kappa shape index (κ3) is 3.38. The number of nitrogens with one attached hydrogen (secondary N) is 1. The van der Waals surface area contributed by atoms with E-state index in [-0.39, 0.29) is 5.56 Å². The number of nitriles is 1. The van der Waals surface area contributed by atoms with Gasteiger partial charge in [0.25, 0.3) is 5.56 Å². The summed E-state index contributed by atoms with van der Waals surface area (Å²) in [6, 6.07) is 18.3. The predicted molar refractivity (Wildman–Crippen MR) is 95.0 cm³/mol. The highest BCUT2D eigenvalue weighted by molar-refractivity contribution is 5.75. The number of hydrogen-bond acceptors (Lipinski definition) is 4. The molecule has 0 aliphatic heterocycles. The van der Waals surface area contributed by atoms with Gasteiger partial charge in [-0.25, -0.2) is 0 Å². The van der Waals surface area contributed by atoms with Gasteiger partial charge in [-0.15, -0.1) is 0 Å². The van der Waals surface area contributed by atoms with E-state index >= 15 is 0 Å². The van der Waals surface area contributed by atoms with Crippen molar-refractivity contribution in [2.24, 2.45) is 0 Å². The average molecular weight is 332 g/mol. The van der Waals surface area contributed by atoms with Crippen LogP contribution in [-0.2, 0) is 0 Å². The molecule has 3 aromatic rings. The molecule has 0 saturated heterocycles. The lowest BCUT2D eigenvalue weighted by Gasteiger charge is -2.13. The zero-order valence-corrected chi connectivity index (χ0v) is 13.9. The fourth-order valence-electron chi connectivity index (χ4n) is 2.56. The van der Waals surface area contributed by atoms with Crippen LogP contribution in [0.3, 0.4) is 0 Å². The lowest BCUT2D eigenvalue weighted by atomic mass is 10.00. The van der Waals surface area contributed by atoms with Crippen LogP contribution in [-0.4, -0.2) is 12.1 Å². The van der Waals surface area contributed by atoms with Crippen molar-refractivity contribution in [2.75, 3.05) is 7.11 Å². The van der Waals surface area contributed by atoms with Gasteiger partial charge >= 0.3 is 0 Å². The summed E-state index contributed by atoms with van der Waals surface area (Å²) in [5, 5.41) is 9.37. The van der Waals surface area contributed by atoms with E-state index in [1.807, 2.05) is 24.3 Å². The highest BCUT2D eigenvalue weighted by Crippen LogP contribution is 2.34. The standard InChI is InChI=1S/C20H16N2O3/c1-13-11-17(18(12-21)20(23)22-13)16-5-3-4-6-19(16)25-15-9-7-14(24-2)8-10-15/h3-11H,1-2H3,(H,22,23). The largest absolute Gasteiger partial charge is 0.497 e. The molecule has 124 valence electrons. The van der Waals surface area contributed by atoms with E-state index in [2.05, 4.69) is 4.98 Å². The molecule has 0 amide bonds. The number of para-hydroxylation sites is 1. The van der Waals surface area contributed by atoms with Crippen molar-refractivity contribution in [3.05, 3.63) is 76.2 Å². The van der Waals surface area contributed by atoms with Crippen molar-refractivity contribution in [3.8, 4) is 34.4 Å². The summed E-state index contributed by atoms with van der Waals surface area (Å²) in [7, 11) is 1.60. The average Bonchev–Trinajstić information content (AvgIpc) is 2.62. The van der Waals surface area contributed by atoms with Crippen LogP contribution in [0.5, 0.6) is 17.2 Å². The van der Waals surface area contributed by atoms with Gasteiger partial charge in [-0.1, -0.05) is 18.2 Å². The second-order valence-electron chi connectivity index (χ2n) is 5.46. The topological polar surface area (TPSA) is 75.1 Å². The molecule has 0 bridgehead atoms. The maximum absolute atomic E-state index is 12.1. The van der Waals surface area contributed by atoms with Gasteiger partial charge < -0.3 is 14.5 Å². The summed E-state index contributed by atoms with van der Waals surface area (Å²) < 4.78 is 11.1. The number of aryl methyl sites for hydroxylation is 1. The zero-order chi connectivity index (χ0) is 17.8. The normalized spacial score (nSPS) is 10.1. The van der Waals surface area contributed by atoms with Crippen molar-refractivity contribution in [1.82, 2.24) is 4.98 Å². The number of aromatic amines is 1. The SMILES string of the molecule is COc1ccc(Oc2ccccc2-c2cc(C)[nH]c(=O)c2C#N)cc1. The van der Waals surface area contributed by atoms with Crippen LogP contribution in [0.1, 0.15) is 11.3 Å². The summed E-state index contributed by atoms with van der Waals surface area (Å²) in [5.74, 6) is 1.93. The number of benzene rings is 2. The first-order valence-corrected chi connectivity index (χ1v) is 7.67. The summed E-state index contributed by atoms with van der Waals surface area (Å²) in [6.07, 6.45) is 0. The molecule has 5 nitrogen and oxygen atoms in total. The number of ether oxygens (including phenoxy) is 2. The van der Waals surface area contributed by atoms with E-state index in [1.54, 1.807) is 50.4 Å². The number of pyridine rings is 1. The molecule has 3 rings (SSSR count). The molecule has 1 heterocycles. The third-order valence-electron chi connectivity index (χ3n) is 3.74. The Balaban J connectivity index is 2.08. The fourth-order valence-corrected chi connectivity index (χ4v) is 2.56. The summed E-state index contributed by atoms with van der Waals surface area (Å²) in [6.45, 7) is 1.78. The Morgan fingerprint density at radius 2 is 1.68 bits per heavy atom. The molecule has 0 aliphatic rings. The van der Waals surface area contributed by atoms with Crippen molar-refractivity contribution in [1.29, 1.82) is 5.26 Å². The third-order valence-corrected chi connectivity index (χ3v) is 3.74. The quantitative estimate of drug-likeness (QED) is 0.783. The van der Waals surface area contributed by atoms with Gasteiger partial charge in [-0.05, 0) is 43.3 Å². The number of rotatable bonds is 4. The zero-order valence-electron chi connectivity index (χ0n) is 13.9. The van der Waals surface area contributed by atoms with Crippen LogP contribution in [0, 0.1) is 18.3 Å². The van der Waals surface area contributed by atoms with Gasteiger partial charge in [0.15, 0.2) is 0 Å². The van der Waals surface area contributed by atoms with Crippen LogP contribution in [0.4, 0.5) is 0 Å². The predicted octanol–water partition coefficient (Wildman–Crippen LogP) is 4.02. The lowest BCUT2D eigenvalue weighted by Crippen LogP contribution is -2.12. The number of H-pyrrole nitrogens is 1. The maximum atomic E-state index is 12.1. The van der Waals surface area contributed by atoms with Crippen LogP contribution < -0.4 is 15.0 Å². The van der Waals surface area contributed by atoms with E-state index in [1.165, 1.54) is 0 Å². The molecule has 0 radical (unpaired) electrons. The van der Waals surface area contributed by atoms with Gasteiger partial charge in [-0.3, -0.25) is 4.79 Å². The number of nitrogens with zero attached hydrogens (tertiary/aromatic N) is 1. The summed E-state index contributed by atoms with van der Waals surface area (Å²) in [5.41, 5.74) is 1.57. The Kier molecular flexibility index (Phi) is 4.53. The molecule has 0 aliphatic carbocycles. The maximum Gasteiger partial charge on any atom is 0.266 e. The van der Waals surface area contributed by atoms with Gasteiger partial charge in [0.1, 0.15) is 28.9 Å². The van der Waals surface area contributed by atoms with Crippen LogP contribution >= 0.6 is 0 Å². The molecular formula is C20H16N2O3. The van der Waals surface area contributed by atoms with Crippen molar-refractivity contribution in [3.63, 3.8) is 0 Å². The molecule has 2 aromatic carbocycles. The Hall–Kier alpha value is -3.52. The summed E-state index contributed by atoms with van der Waals surface area (Å²) in [4.78, 5) is 14.7. The molecule has 1 aromatic heterocycles. The van der Waals surface area contributed by atoms with E-state index in [0.29, 0.717) is 28.3 Å². The van der Waals surface area contributed by atoms with E-state index in [4.69, 9.17) is 9.47 Å². The Morgan fingerprint density at radius 1 is 1.00 bits per heavy atom. The lowest BCUT2D eigenvalue weighted by molar-refractivity contribution is 0.413. The minimum atomic E-state index is -0.406. The Labute approximate surface area is 145 Å². The van der Waals surface area contributed by atoms with Gasteiger partial charge in [0.05, 0.1) is 7.11 Å². The van der Waals surface area contributed by atoms with Crippen molar-refractivity contribution < 1.29 is 9.47 Å². The fraction of sp³-hybridized carbons (Fsp3) is 0.100. The molecule has 0 unspecified atom stereocenters. The smallest absolute Gasteiger partial charge is 0.266 e. The first-order chi connectivity index (χ1) is 12.1. The number of aromatic nitrogens is 1. The number of methoxy groups -OCH3 is 1. The summed E-state index contributed by atoms with van der Waals surface area (Å²) >= 11 is 0. The van der Waals surface area contributed by atoms with Gasteiger partial charge in [0.2, 0.25) is 0 Å². The van der Waals surface area contributed by atoms with E-state index in [9.17, 15) is 10.1 Å². The molecule has 0 saturated carbocycles. The number of hydrogen-bond donors (Lipinski definition) is 1. The minimum absolute atomic E-state index is 0.0661. The van der Waals surface area contributed by atoms with Crippen LogP contribution in [0.2, 0.25) is 0 Å².